The lowest BCUT2D eigenvalue weighted by Crippen LogP contribution is -2.18. The van der Waals surface area contributed by atoms with E-state index in [0.29, 0.717) is 12.4 Å². The van der Waals surface area contributed by atoms with Crippen molar-refractivity contribution in [2.75, 3.05) is 12.5 Å². The van der Waals surface area contributed by atoms with E-state index in [1.165, 1.54) is 0 Å². The van der Waals surface area contributed by atoms with Gasteiger partial charge >= 0.3 is 0 Å². The summed E-state index contributed by atoms with van der Waals surface area (Å²) >= 11 is 0. The molecular formula is C11H15N5O. The van der Waals surface area contributed by atoms with Crippen LogP contribution in [0.4, 0.5) is 5.82 Å². The minimum absolute atomic E-state index is 0.558. The molecule has 2 heterocycles. The van der Waals surface area contributed by atoms with E-state index >= 15 is 0 Å². The molecule has 2 aromatic heterocycles. The average Bonchev–Trinajstić information content (AvgIpc) is 2.82. The largest absolute Gasteiger partial charge is 0.468 e. The van der Waals surface area contributed by atoms with E-state index < -0.39 is 0 Å². The van der Waals surface area contributed by atoms with Crippen molar-refractivity contribution >= 4 is 5.82 Å². The first-order chi connectivity index (χ1) is 8.28. The molecule has 0 aliphatic rings. The molecule has 2 aromatic rings. The molecule has 0 aliphatic heterocycles. The molecule has 6 nitrogen and oxygen atoms in total. The number of hydrogen-bond acceptors (Lipinski definition) is 6. The minimum atomic E-state index is 0.558. The van der Waals surface area contributed by atoms with Gasteiger partial charge in [0.15, 0.2) is 5.82 Å². The van der Waals surface area contributed by atoms with Crippen molar-refractivity contribution in [2.45, 2.75) is 13.1 Å². The van der Waals surface area contributed by atoms with Crippen molar-refractivity contribution in [1.82, 2.24) is 14.9 Å². The number of hydrazine groups is 1. The molecule has 3 N–H and O–H groups in total. The number of anilines is 1. The van der Waals surface area contributed by atoms with E-state index in [1.54, 1.807) is 18.7 Å². The highest BCUT2D eigenvalue weighted by Crippen LogP contribution is 2.07. The van der Waals surface area contributed by atoms with E-state index in [4.69, 9.17) is 10.3 Å². The predicted octanol–water partition coefficient (Wildman–Crippen LogP) is 0.987. The minimum Gasteiger partial charge on any atom is -0.468 e. The second kappa shape index (κ2) is 5.42. The Labute approximate surface area is 99.4 Å². The molecule has 0 fully saturated rings. The number of nitrogen functional groups attached to an aromatic ring is 1. The number of hydrogen-bond donors (Lipinski definition) is 2. The van der Waals surface area contributed by atoms with Crippen LogP contribution in [0, 0.1) is 0 Å². The first-order valence-electron chi connectivity index (χ1n) is 5.26. The van der Waals surface area contributed by atoms with Gasteiger partial charge in [0.05, 0.1) is 30.9 Å². The Morgan fingerprint density at radius 1 is 1.35 bits per heavy atom. The highest BCUT2D eigenvalue weighted by atomic mass is 16.3. The third kappa shape index (κ3) is 3.27. The smallest absolute Gasteiger partial charge is 0.158 e. The first-order valence-corrected chi connectivity index (χ1v) is 5.26. The summed E-state index contributed by atoms with van der Waals surface area (Å²) in [5.74, 6) is 6.71. The predicted molar refractivity (Wildman–Crippen MR) is 63.7 cm³/mol. The molecule has 6 heteroatoms. The summed E-state index contributed by atoms with van der Waals surface area (Å²) in [6.07, 6.45) is 4.98. The number of furan rings is 1. The van der Waals surface area contributed by atoms with Crippen molar-refractivity contribution in [1.29, 1.82) is 0 Å². The molecule has 0 aromatic carbocycles. The number of rotatable bonds is 5. The Morgan fingerprint density at radius 3 is 2.82 bits per heavy atom. The van der Waals surface area contributed by atoms with E-state index in [2.05, 4.69) is 20.3 Å². The fourth-order valence-corrected chi connectivity index (χ4v) is 1.51. The molecule has 0 atom stereocenters. The summed E-state index contributed by atoms with van der Waals surface area (Å²) in [5, 5.41) is 0. The fraction of sp³-hybridized carbons (Fsp3) is 0.273. The maximum atomic E-state index is 5.27. The maximum Gasteiger partial charge on any atom is 0.158 e. The van der Waals surface area contributed by atoms with Crippen LogP contribution in [-0.2, 0) is 13.1 Å². The number of nitrogens with one attached hydrogen (secondary N) is 1. The lowest BCUT2D eigenvalue weighted by atomic mass is 10.3. The summed E-state index contributed by atoms with van der Waals surface area (Å²) < 4.78 is 5.27. The van der Waals surface area contributed by atoms with Crippen molar-refractivity contribution in [2.24, 2.45) is 5.84 Å². The van der Waals surface area contributed by atoms with Gasteiger partial charge in [-0.25, -0.2) is 10.8 Å². The highest BCUT2D eigenvalue weighted by molar-refractivity contribution is 5.28. The molecule has 0 aliphatic carbocycles. The van der Waals surface area contributed by atoms with Gasteiger partial charge in [0, 0.05) is 6.54 Å². The van der Waals surface area contributed by atoms with Gasteiger partial charge in [-0.3, -0.25) is 9.88 Å². The number of nitrogens with zero attached hydrogens (tertiary/aromatic N) is 3. The summed E-state index contributed by atoms with van der Waals surface area (Å²) in [6.45, 7) is 1.45. The summed E-state index contributed by atoms with van der Waals surface area (Å²) in [5.41, 5.74) is 3.33. The molecule has 0 unspecified atom stereocenters. The van der Waals surface area contributed by atoms with Gasteiger partial charge in [-0.1, -0.05) is 0 Å². The van der Waals surface area contributed by atoms with Crippen LogP contribution in [0.5, 0.6) is 0 Å². The van der Waals surface area contributed by atoms with Crippen LogP contribution in [0.3, 0.4) is 0 Å². The molecule has 0 radical (unpaired) electrons. The molecule has 17 heavy (non-hydrogen) atoms. The van der Waals surface area contributed by atoms with Crippen LogP contribution in [0.2, 0.25) is 0 Å². The molecule has 0 bridgehead atoms. The molecule has 0 amide bonds. The number of aromatic nitrogens is 2. The molecular weight excluding hydrogens is 218 g/mol. The zero-order valence-corrected chi connectivity index (χ0v) is 9.63. The van der Waals surface area contributed by atoms with Gasteiger partial charge < -0.3 is 9.84 Å². The average molecular weight is 233 g/mol. The third-order valence-electron chi connectivity index (χ3n) is 2.29. The normalized spacial score (nSPS) is 10.8. The zero-order chi connectivity index (χ0) is 12.1. The van der Waals surface area contributed by atoms with Gasteiger partial charge in [0.2, 0.25) is 0 Å². The second-order valence-electron chi connectivity index (χ2n) is 3.79. The van der Waals surface area contributed by atoms with Crippen molar-refractivity contribution in [3.63, 3.8) is 0 Å². The SMILES string of the molecule is CN(Cc1cnc(NN)cn1)Cc1ccco1. The van der Waals surface area contributed by atoms with E-state index in [9.17, 15) is 0 Å². The summed E-state index contributed by atoms with van der Waals surface area (Å²) in [6, 6.07) is 3.83. The van der Waals surface area contributed by atoms with Crippen molar-refractivity contribution in [3.8, 4) is 0 Å². The Kier molecular flexibility index (Phi) is 3.69. The van der Waals surface area contributed by atoms with Crippen LogP contribution < -0.4 is 11.3 Å². The second-order valence-corrected chi connectivity index (χ2v) is 3.79. The quantitative estimate of drug-likeness (QED) is 0.592. The topological polar surface area (TPSA) is 80.2 Å². The molecule has 0 spiro atoms. The zero-order valence-electron chi connectivity index (χ0n) is 9.63. The Morgan fingerprint density at radius 2 is 2.24 bits per heavy atom. The first kappa shape index (κ1) is 11.6. The molecule has 90 valence electrons. The van der Waals surface area contributed by atoms with Crippen LogP contribution >= 0.6 is 0 Å². The van der Waals surface area contributed by atoms with Gasteiger partial charge in [0.25, 0.3) is 0 Å². The third-order valence-corrected chi connectivity index (χ3v) is 2.29. The lowest BCUT2D eigenvalue weighted by Gasteiger charge is -2.14. The van der Waals surface area contributed by atoms with Crippen LogP contribution in [-0.4, -0.2) is 21.9 Å². The summed E-state index contributed by atoms with van der Waals surface area (Å²) in [4.78, 5) is 10.4. The van der Waals surface area contributed by atoms with Crippen LogP contribution in [0.25, 0.3) is 0 Å². The van der Waals surface area contributed by atoms with E-state index in [-0.39, 0.29) is 0 Å². The Balaban J connectivity index is 1.91. The lowest BCUT2D eigenvalue weighted by molar-refractivity contribution is 0.284. The Bertz CT molecular complexity index is 439. The molecule has 0 saturated carbocycles. The fourth-order valence-electron chi connectivity index (χ4n) is 1.51. The van der Waals surface area contributed by atoms with Crippen LogP contribution in [0.15, 0.2) is 35.2 Å². The maximum absolute atomic E-state index is 5.27. The number of nitrogens with two attached hydrogens (primary N) is 1. The molecule has 0 saturated heterocycles. The monoisotopic (exact) mass is 233 g/mol. The van der Waals surface area contributed by atoms with Gasteiger partial charge in [-0.15, -0.1) is 0 Å². The Hall–Kier alpha value is -1.92. The van der Waals surface area contributed by atoms with Gasteiger partial charge in [-0.2, -0.15) is 0 Å². The van der Waals surface area contributed by atoms with Crippen molar-refractivity contribution < 1.29 is 4.42 Å². The standard InChI is InChI=1S/C11H15N5O/c1-16(8-10-3-2-4-17-10)7-9-5-14-11(15-12)6-13-9/h2-6H,7-8,12H2,1H3,(H,14,15). The van der Waals surface area contributed by atoms with Gasteiger partial charge in [-0.05, 0) is 19.2 Å². The molecule has 2 rings (SSSR count). The van der Waals surface area contributed by atoms with Crippen LogP contribution in [0.1, 0.15) is 11.5 Å². The van der Waals surface area contributed by atoms with E-state index in [0.717, 1.165) is 18.0 Å². The summed E-state index contributed by atoms with van der Waals surface area (Å²) in [7, 11) is 2.00. The van der Waals surface area contributed by atoms with E-state index in [1.807, 2.05) is 19.2 Å². The van der Waals surface area contributed by atoms with Crippen molar-refractivity contribution in [3.05, 3.63) is 42.2 Å². The highest BCUT2D eigenvalue weighted by Gasteiger charge is 2.05. The van der Waals surface area contributed by atoms with Gasteiger partial charge in [0.1, 0.15) is 5.76 Å².